The quantitative estimate of drug-likeness (QED) is 0.817. The first-order valence-corrected chi connectivity index (χ1v) is 6.15. The molecule has 18 heavy (non-hydrogen) atoms. The standard InChI is InChI=1S/C13H15N3O2/c1-2-18-13(17)9-7-14-12-10-5-3-4-6-11(10)15-16(12)8-9/h3-6,9,14H,2,7-8H2,1H3. The van der Waals surface area contributed by atoms with Crippen molar-refractivity contribution in [1.82, 2.24) is 9.78 Å². The Labute approximate surface area is 105 Å². The monoisotopic (exact) mass is 245 g/mol. The van der Waals surface area contributed by atoms with E-state index >= 15 is 0 Å². The molecule has 2 heterocycles. The van der Waals surface area contributed by atoms with E-state index in [1.807, 2.05) is 35.9 Å². The van der Waals surface area contributed by atoms with Crippen molar-refractivity contribution in [2.24, 2.45) is 5.92 Å². The van der Waals surface area contributed by atoms with Crippen LogP contribution in [0.15, 0.2) is 24.3 Å². The second-order valence-corrected chi connectivity index (χ2v) is 4.38. The Bertz CT molecular complexity index is 591. The summed E-state index contributed by atoms with van der Waals surface area (Å²) in [6.07, 6.45) is 0. The lowest BCUT2D eigenvalue weighted by atomic mass is 10.1. The molecule has 0 saturated carbocycles. The van der Waals surface area contributed by atoms with Crippen molar-refractivity contribution in [1.29, 1.82) is 0 Å². The van der Waals surface area contributed by atoms with Gasteiger partial charge in [0.25, 0.3) is 0 Å². The first-order valence-electron chi connectivity index (χ1n) is 6.15. The highest BCUT2D eigenvalue weighted by Gasteiger charge is 2.27. The van der Waals surface area contributed by atoms with Gasteiger partial charge in [-0.25, -0.2) is 4.68 Å². The Morgan fingerprint density at radius 1 is 1.56 bits per heavy atom. The zero-order valence-corrected chi connectivity index (χ0v) is 10.2. The van der Waals surface area contributed by atoms with E-state index in [1.54, 1.807) is 0 Å². The predicted octanol–water partition coefficient (Wildman–Crippen LogP) is 1.64. The summed E-state index contributed by atoms with van der Waals surface area (Å²) < 4.78 is 6.91. The zero-order chi connectivity index (χ0) is 12.5. The van der Waals surface area contributed by atoms with Gasteiger partial charge < -0.3 is 10.1 Å². The van der Waals surface area contributed by atoms with Gasteiger partial charge in [-0.3, -0.25) is 4.79 Å². The zero-order valence-electron chi connectivity index (χ0n) is 10.2. The molecule has 5 nitrogen and oxygen atoms in total. The van der Waals surface area contributed by atoms with Gasteiger partial charge >= 0.3 is 5.97 Å². The number of esters is 1. The molecule has 2 aromatic rings. The number of anilines is 1. The summed E-state index contributed by atoms with van der Waals surface area (Å²) in [5.41, 5.74) is 0.949. The SMILES string of the molecule is CCOC(=O)C1CNc2c3ccccc3nn2C1. The second kappa shape index (κ2) is 4.33. The summed E-state index contributed by atoms with van der Waals surface area (Å²) in [6, 6.07) is 7.96. The van der Waals surface area contributed by atoms with Crippen LogP contribution in [-0.2, 0) is 16.1 Å². The number of aromatic nitrogens is 2. The Morgan fingerprint density at radius 3 is 3.22 bits per heavy atom. The van der Waals surface area contributed by atoms with Crippen LogP contribution in [0.4, 0.5) is 5.82 Å². The molecule has 1 atom stereocenters. The third kappa shape index (κ3) is 1.72. The van der Waals surface area contributed by atoms with E-state index < -0.39 is 0 Å². The molecule has 0 fully saturated rings. The molecule has 0 bridgehead atoms. The molecule has 0 saturated heterocycles. The van der Waals surface area contributed by atoms with Gasteiger partial charge in [0.2, 0.25) is 0 Å². The Hall–Kier alpha value is -2.04. The van der Waals surface area contributed by atoms with Gasteiger partial charge in [0.1, 0.15) is 5.82 Å². The smallest absolute Gasteiger partial charge is 0.312 e. The van der Waals surface area contributed by atoms with E-state index in [-0.39, 0.29) is 11.9 Å². The molecule has 1 unspecified atom stereocenters. The van der Waals surface area contributed by atoms with Gasteiger partial charge in [-0.2, -0.15) is 5.10 Å². The van der Waals surface area contributed by atoms with E-state index in [9.17, 15) is 4.79 Å². The number of nitrogens with one attached hydrogen (secondary N) is 1. The van der Waals surface area contributed by atoms with Crippen LogP contribution in [0.3, 0.4) is 0 Å². The van der Waals surface area contributed by atoms with E-state index in [0.717, 1.165) is 16.7 Å². The van der Waals surface area contributed by atoms with Crippen molar-refractivity contribution >= 4 is 22.7 Å². The summed E-state index contributed by atoms with van der Waals surface area (Å²) in [7, 11) is 0. The van der Waals surface area contributed by atoms with Crippen LogP contribution in [0.2, 0.25) is 0 Å². The number of carbonyl (C=O) groups excluding carboxylic acids is 1. The molecule has 94 valence electrons. The molecule has 1 N–H and O–H groups in total. The molecule has 5 heteroatoms. The fraction of sp³-hybridized carbons (Fsp3) is 0.385. The van der Waals surface area contributed by atoms with Crippen molar-refractivity contribution < 1.29 is 9.53 Å². The van der Waals surface area contributed by atoms with E-state index in [4.69, 9.17) is 4.74 Å². The molecule has 0 spiro atoms. The molecule has 0 radical (unpaired) electrons. The van der Waals surface area contributed by atoms with Gasteiger partial charge in [-0.05, 0) is 19.1 Å². The average Bonchev–Trinajstić information content (AvgIpc) is 2.76. The molecule has 3 rings (SSSR count). The van der Waals surface area contributed by atoms with Crippen molar-refractivity contribution in [3.63, 3.8) is 0 Å². The third-order valence-electron chi connectivity index (χ3n) is 3.17. The highest BCUT2D eigenvalue weighted by molar-refractivity contribution is 5.90. The molecular weight excluding hydrogens is 230 g/mol. The summed E-state index contributed by atoms with van der Waals surface area (Å²) in [4.78, 5) is 11.7. The molecule has 1 aromatic heterocycles. The van der Waals surface area contributed by atoms with Crippen LogP contribution in [0.5, 0.6) is 0 Å². The van der Waals surface area contributed by atoms with Crippen LogP contribution in [0.1, 0.15) is 6.92 Å². The Kier molecular flexibility index (Phi) is 2.66. The number of rotatable bonds is 2. The second-order valence-electron chi connectivity index (χ2n) is 4.38. The molecule has 1 aromatic carbocycles. The van der Waals surface area contributed by atoms with Gasteiger partial charge in [0.05, 0.1) is 24.6 Å². The minimum Gasteiger partial charge on any atom is -0.466 e. The lowest BCUT2D eigenvalue weighted by molar-refractivity contribution is -0.148. The minimum atomic E-state index is -0.160. The van der Waals surface area contributed by atoms with Crippen molar-refractivity contribution in [3.05, 3.63) is 24.3 Å². The molecule has 1 aliphatic rings. The minimum absolute atomic E-state index is 0.157. The fourth-order valence-electron chi connectivity index (χ4n) is 2.31. The normalized spacial score (nSPS) is 18.2. The third-order valence-corrected chi connectivity index (χ3v) is 3.17. The first-order chi connectivity index (χ1) is 8.79. The van der Waals surface area contributed by atoms with Gasteiger partial charge in [-0.1, -0.05) is 12.1 Å². The largest absolute Gasteiger partial charge is 0.466 e. The van der Waals surface area contributed by atoms with Crippen molar-refractivity contribution in [3.8, 4) is 0 Å². The van der Waals surface area contributed by atoms with Crippen LogP contribution in [-0.4, -0.2) is 28.9 Å². The summed E-state index contributed by atoms with van der Waals surface area (Å²) in [6.45, 7) is 3.43. The number of fused-ring (bicyclic) bond motifs is 3. The number of hydrogen-bond donors (Lipinski definition) is 1. The van der Waals surface area contributed by atoms with Gasteiger partial charge in [0.15, 0.2) is 0 Å². The maximum Gasteiger partial charge on any atom is 0.312 e. The number of nitrogens with zero attached hydrogens (tertiary/aromatic N) is 2. The molecular formula is C13H15N3O2. The topological polar surface area (TPSA) is 56.1 Å². The fourth-order valence-corrected chi connectivity index (χ4v) is 2.31. The average molecular weight is 245 g/mol. The molecule has 0 amide bonds. The maximum absolute atomic E-state index is 11.7. The van der Waals surface area contributed by atoms with Crippen LogP contribution < -0.4 is 5.32 Å². The summed E-state index contributed by atoms with van der Waals surface area (Å²) >= 11 is 0. The number of benzene rings is 1. The van der Waals surface area contributed by atoms with Gasteiger partial charge in [-0.15, -0.1) is 0 Å². The predicted molar refractivity (Wildman–Crippen MR) is 68.3 cm³/mol. The molecule has 0 aliphatic carbocycles. The lowest BCUT2D eigenvalue weighted by Gasteiger charge is -2.23. The van der Waals surface area contributed by atoms with E-state index in [0.29, 0.717) is 19.7 Å². The highest BCUT2D eigenvalue weighted by atomic mass is 16.5. The number of ether oxygens (including phenoxy) is 1. The first kappa shape index (κ1) is 11.1. The highest BCUT2D eigenvalue weighted by Crippen LogP contribution is 2.27. The van der Waals surface area contributed by atoms with Crippen LogP contribution in [0, 0.1) is 5.92 Å². The summed E-state index contributed by atoms with van der Waals surface area (Å²) in [5.74, 6) is 0.674. The van der Waals surface area contributed by atoms with Crippen LogP contribution >= 0.6 is 0 Å². The van der Waals surface area contributed by atoms with Crippen LogP contribution in [0.25, 0.3) is 10.9 Å². The maximum atomic E-state index is 11.7. The lowest BCUT2D eigenvalue weighted by Crippen LogP contribution is -2.34. The van der Waals surface area contributed by atoms with Gasteiger partial charge in [0, 0.05) is 11.9 Å². The molecule has 1 aliphatic heterocycles. The van der Waals surface area contributed by atoms with Crippen molar-refractivity contribution in [2.75, 3.05) is 18.5 Å². The van der Waals surface area contributed by atoms with E-state index in [1.165, 1.54) is 0 Å². The van der Waals surface area contributed by atoms with Crippen molar-refractivity contribution in [2.45, 2.75) is 13.5 Å². The Morgan fingerprint density at radius 2 is 2.39 bits per heavy atom. The summed E-state index contributed by atoms with van der Waals surface area (Å²) in [5, 5.41) is 8.86. The number of carbonyl (C=O) groups is 1. The Balaban J connectivity index is 1.91. The van der Waals surface area contributed by atoms with E-state index in [2.05, 4.69) is 10.4 Å². The number of hydrogen-bond acceptors (Lipinski definition) is 4.